The highest BCUT2D eigenvalue weighted by Gasteiger charge is 2.27. The molecule has 0 aliphatic heterocycles. The maximum Gasteiger partial charge on any atom is 0.322 e. The molecule has 3 aromatic rings. The van der Waals surface area contributed by atoms with Crippen LogP contribution in [-0.2, 0) is 6.54 Å². The van der Waals surface area contributed by atoms with Crippen LogP contribution < -0.4 is 5.32 Å². The minimum atomic E-state index is -0.426. The van der Waals surface area contributed by atoms with E-state index in [1.54, 1.807) is 18.2 Å². The van der Waals surface area contributed by atoms with Crippen molar-refractivity contribution < 1.29 is 9.18 Å². The molecule has 168 valence electrons. The van der Waals surface area contributed by atoms with Gasteiger partial charge in [0.05, 0.1) is 5.69 Å². The summed E-state index contributed by atoms with van der Waals surface area (Å²) >= 11 is 6.06. The molecule has 1 heterocycles. The van der Waals surface area contributed by atoms with Crippen molar-refractivity contribution >= 4 is 23.3 Å². The van der Waals surface area contributed by atoms with E-state index < -0.39 is 5.82 Å². The molecule has 1 aliphatic carbocycles. The molecule has 2 amide bonds. The van der Waals surface area contributed by atoms with E-state index in [-0.39, 0.29) is 17.8 Å². The van der Waals surface area contributed by atoms with Crippen molar-refractivity contribution in [3.05, 3.63) is 82.4 Å². The van der Waals surface area contributed by atoms with Crippen LogP contribution in [0.3, 0.4) is 0 Å². The van der Waals surface area contributed by atoms with Crippen molar-refractivity contribution in [2.24, 2.45) is 0 Å². The van der Waals surface area contributed by atoms with E-state index in [9.17, 15) is 9.18 Å². The number of carbonyl (C=O) groups excluding carboxylic acids is 1. The number of urea groups is 1. The van der Waals surface area contributed by atoms with Gasteiger partial charge in [-0.05, 0) is 74.7 Å². The maximum atomic E-state index is 14.2. The number of rotatable bonds is 5. The zero-order chi connectivity index (χ0) is 22.7. The molecule has 0 atom stereocenters. The number of halogens is 2. The summed E-state index contributed by atoms with van der Waals surface area (Å²) in [6.45, 7) is 4.62. The fourth-order valence-electron chi connectivity index (χ4n) is 4.67. The minimum Gasteiger partial charge on any atom is -0.318 e. The fourth-order valence-corrected chi connectivity index (χ4v) is 4.80. The lowest BCUT2D eigenvalue weighted by Gasteiger charge is -2.34. The van der Waals surface area contributed by atoms with Gasteiger partial charge >= 0.3 is 6.03 Å². The van der Waals surface area contributed by atoms with Crippen LogP contribution in [0.5, 0.6) is 0 Å². The van der Waals surface area contributed by atoms with Gasteiger partial charge in [-0.2, -0.15) is 0 Å². The Morgan fingerprint density at radius 1 is 1.09 bits per heavy atom. The van der Waals surface area contributed by atoms with E-state index in [2.05, 4.69) is 29.8 Å². The van der Waals surface area contributed by atoms with Crippen LogP contribution in [0.15, 0.2) is 54.6 Å². The number of amides is 2. The van der Waals surface area contributed by atoms with Gasteiger partial charge in [0.2, 0.25) is 0 Å². The van der Waals surface area contributed by atoms with Crippen LogP contribution in [0.25, 0.3) is 5.69 Å². The number of anilines is 1. The van der Waals surface area contributed by atoms with E-state index in [0.29, 0.717) is 11.6 Å². The van der Waals surface area contributed by atoms with Crippen LogP contribution in [0.4, 0.5) is 14.9 Å². The molecule has 4 rings (SSSR count). The van der Waals surface area contributed by atoms with Crippen molar-refractivity contribution in [2.75, 3.05) is 5.32 Å². The largest absolute Gasteiger partial charge is 0.322 e. The van der Waals surface area contributed by atoms with E-state index in [4.69, 9.17) is 11.6 Å². The van der Waals surface area contributed by atoms with Gasteiger partial charge in [0.15, 0.2) is 0 Å². The molecule has 1 N–H and O–H groups in total. The smallest absolute Gasteiger partial charge is 0.318 e. The first kappa shape index (κ1) is 22.4. The minimum absolute atomic E-state index is 0.147. The number of para-hydroxylation sites is 1. The molecule has 0 bridgehead atoms. The summed E-state index contributed by atoms with van der Waals surface area (Å²) < 4.78 is 16.4. The maximum absolute atomic E-state index is 14.2. The van der Waals surface area contributed by atoms with E-state index in [1.165, 1.54) is 12.5 Å². The van der Waals surface area contributed by atoms with E-state index in [1.807, 2.05) is 29.2 Å². The van der Waals surface area contributed by atoms with Crippen LogP contribution >= 0.6 is 11.6 Å². The van der Waals surface area contributed by atoms with Crippen molar-refractivity contribution in [3.63, 3.8) is 0 Å². The molecule has 1 saturated carbocycles. The summed E-state index contributed by atoms with van der Waals surface area (Å²) in [7, 11) is 0. The molecule has 1 aromatic heterocycles. The Labute approximate surface area is 194 Å². The molecule has 0 saturated heterocycles. The van der Waals surface area contributed by atoms with Crippen LogP contribution in [0, 0.1) is 19.7 Å². The number of aromatic nitrogens is 1. The quantitative estimate of drug-likeness (QED) is 0.433. The Morgan fingerprint density at radius 3 is 2.47 bits per heavy atom. The lowest BCUT2D eigenvalue weighted by molar-refractivity contribution is 0.162. The topological polar surface area (TPSA) is 37.3 Å². The Hall–Kier alpha value is -2.79. The summed E-state index contributed by atoms with van der Waals surface area (Å²) in [5, 5.41) is 3.50. The van der Waals surface area contributed by atoms with Gasteiger partial charge in [-0.3, -0.25) is 0 Å². The number of aryl methyl sites for hydroxylation is 1. The number of hydrogen-bond donors (Lipinski definition) is 1. The summed E-state index contributed by atoms with van der Waals surface area (Å²) in [5.74, 6) is -0.426. The molecule has 0 spiro atoms. The number of benzene rings is 2. The summed E-state index contributed by atoms with van der Waals surface area (Å²) in [6.07, 6.45) is 5.36. The van der Waals surface area contributed by atoms with Gasteiger partial charge in [0, 0.05) is 34.7 Å². The normalized spacial score (nSPS) is 14.4. The highest BCUT2D eigenvalue weighted by molar-refractivity contribution is 6.30. The van der Waals surface area contributed by atoms with Crippen molar-refractivity contribution in [3.8, 4) is 5.69 Å². The molecule has 0 unspecified atom stereocenters. The van der Waals surface area contributed by atoms with Crippen LogP contribution in [0.1, 0.15) is 49.1 Å². The number of hydrogen-bond acceptors (Lipinski definition) is 1. The lowest BCUT2D eigenvalue weighted by atomic mass is 9.94. The van der Waals surface area contributed by atoms with Gasteiger partial charge in [-0.15, -0.1) is 0 Å². The SMILES string of the molecule is Cc1cc(CN(C(=O)Nc2ccccc2F)C2CCCCC2)c(C)n1-c1ccc(Cl)cc1. The first-order valence-electron chi connectivity index (χ1n) is 11.2. The average Bonchev–Trinajstić information content (AvgIpc) is 3.07. The predicted octanol–water partition coefficient (Wildman–Crippen LogP) is 7.25. The van der Waals surface area contributed by atoms with Gasteiger partial charge < -0.3 is 14.8 Å². The second-order valence-electron chi connectivity index (χ2n) is 8.54. The Kier molecular flexibility index (Phi) is 6.85. The summed E-state index contributed by atoms with van der Waals surface area (Å²) in [4.78, 5) is 15.2. The lowest BCUT2D eigenvalue weighted by Crippen LogP contribution is -2.43. The monoisotopic (exact) mass is 453 g/mol. The second kappa shape index (κ2) is 9.78. The Morgan fingerprint density at radius 2 is 1.78 bits per heavy atom. The summed E-state index contributed by atoms with van der Waals surface area (Å²) in [5.41, 5.74) is 4.52. The molecular formula is C26H29ClFN3O. The average molecular weight is 454 g/mol. The molecule has 0 radical (unpaired) electrons. The van der Waals surface area contributed by atoms with E-state index >= 15 is 0 Å². The van der Waals surface area contributed by atoms with Crippen molar-refractivity contribution in [1.29, 1.82) is 0 Å². The van der Waals surface area contributed by atoms with Crippen LogP contribution in [0.2, 0.25) is 5.02 Å². The standard InChI is InChI=1S/C26H29ClFN3O/c1-18-16-20(19(2)31(18)23-14-12-21(27)13-15-23)17-30(22-8-4-3-5-9-22)26(32)29-25-11-7-6-10-24(25)28/h6-7,10-16,22H,3-5,8-9,17H2,1-2H3,(H,29,32). The molecule has 1 fully saturated rings. The molecule has 2 aromatic carbocycles. The third-order valence-electron chi connectivity index (χ3n) is 6.35. The molecule has 32 heavy (non-hydrogen) atoms. The van der Waals surface area contributed by atoms with Crippen LogP contribution in [-0.4, -0.2) is 21.5 Å². The zero-order valence-corrected chi connectivity index (χ0v) is 19.3. The molecular weight excluding hydrogens is 425 g/mol. The Bertz CT molecular complexity index is 1090. The van der Waals surface area contributed by atoms with Crippen molar-refractivity contribution in [1.82, 2.24) is 9.47 Å². The molecule has 4 nitrogen and oxygen atoms in total. The highest BCUT2D eigenvalue weighted by atomic mass is 35.5. The van der Waals surface area contributed by atoms with Gasteiger partial charge in [-0.1, -0.05) is 43.0 Å². The van der Waals surface area contributed by atoms with E-state index in [0.717, 1.165) is 48.3 Å². The number of nitrogens with one attached hydrogen (secondary N) is 1. The van der Waals surface area contributed by atoms with Gasteiger partial charge in [0.1, 0.15) is 5.82 Å². The number of carbonyl (C=O) groups is 1. The first-order valence-corrected chi connectivity index (χ1v) is 11.6. The zero-order valence-electron chi connectivity index (χ0n) is 18.6. The van der Waals surface area contributed by atoms with Crippen molar-refractivity contribution in [2.45, 2.75) is 58.5 Å². The first-order chi connectivity index (χ1) is 15.4. The highest BCUT2D eigenvalue weighted by Crippen LogP contribution is 2.28. The predicted molar refractivity (Wildman–Crippen MR) is 128 cm³/mol. The third-order valence-corrected chi connectivity index (χ3v) is 6.61. The van der Waals surface area contributed by atoms with Gasteiger partial charge in [-0.25, -0.2) is 9.18 Å². The third kappa shape index (κ3) is 4.83. The van der Waals surface area contributed by atoms with Gasteiger partial charge in [0.25, 0.3) is 0 Å². The second-order valence-corrected chi connectivity index (χ2v) is 8.97. The molecule has 1 aliphatic rings. The fraction of sp³-hybridized carbons (Fsp3) is 0.346. The number of nitrogens with zero attached hydrogens (tertiary/aromatic N) is 2. The molecule has 6 heteroatoms. The Balaban J connectivity index is 1.62. The summed E-state index contributed by atoms with van der Waals surface area (Å²) in [6, 6.07) is 16.1.